The third-order valence-corrected chi connectivity index (χ3v) is 3.53. The molecule has 2 rings (SSSR count). The second kappa shape index (κ2) is 4.84. The predicted octanol–water partition coefficient (Wildman–Crippen LogP) is 2.91. The minimum Gasteiger partial charge on any atom is -0.295 e. The van der Waals surface area contributed by atoms with Crippen molar-refractivity contribution in [3.8, 4) is 5.69 Å². The molecule has 1 N–H and O–H groups in total. The van der Waals surface area contributed by atoms with Gasteiger partial charge >= 0.3 is 0 Å². The molecule has 1 heterocycles. The number of aryl methyl sites for hydroxylation is 3. The van der Waals surface area contributed by atoms with Gasteiger partial charge in [-0.05, 0) is 49.9 Å². The summed E-state index contributed by atoms with van der Waals surface area (Å²) in [6.45, 7) is 8.23. The fourth-order valence-corrected chi connectivity index (χ4v) is 2.22. The number of aromatic amines is 1. The Kier molecular flexibility index (Phi) is 3.41. The normalized spacial score (nSPS) is 10.9. The highest BCUT2D eigenvalue weighted by molar-refractivity contribution is 5.40. The summed E-state index contributed by atoms with van der Waals surface area (Å²) >= 11 is 0. The van der Waals surface area contributed by atoms with Crippen LogP contribution in [0.3, 0.4) is 0 Å². The smallest absolute Gasteiger partial charge is 0.274 e. The van der Waals surface area contributed by atoms with E-state index in [9.17, 15) is 4.79 Å². The number of aromatic nitrogens is 2. The molecular weight excluding hydrogens is 224 g/mol. The van der Waals surface area contributed by atoms with Crippen LogP contribution in [0.4, 0.5) is 0 Å². The molecule has 0 aliphatic heterocycles. The van der Waals surface area contributed by atoms with E-state index in [2.05, 4.69) is 31.9 Å². The highest BCUT2D eigenvalue weighted by Crippen LogP contribution is 2.13. The third kappa shape index (κ3) is 2.01. The number of nitrogens with one attached hydrogen (secondary N) is 1. The minimum atomic E-state index is 0.0811. The zero-order valence-electron chi connectivity index (χ0n) is 11.5. The van der Waals surface area contributed by atoms with Crippen LogP contribution in [0.5, 0.6) is 0 Å². The number of hydrogen-bond donors (Lipinski definition) is 1. The molecule has 3 heteroatoms. The van der Waals surface area contributed by atoms with Gasteiger partial charge in [-0.1, -0.05) is 19.9 Å². The molecular formula is C15H20N2O. The van der Waals surface area contributed by atoms with Crippen LogP contribution in [0, 0.1) is 13.8 Å². The SMILES string of the molecule is CCc1[nH]n(-c2ccc(C)c(C)c2)c(=O)c1CC. The zero-order chi connectivity index (χ0) is 13.3. The lowest BCUT2D eigenvalue weighted by atomic mass is 10.1. The molecule has 0 unspecified atom stereocenters. The highest BCUT2D eigenvalue weighted by atomic mass is 16.1. The number of H-pyrrole nitrogens is 1. The lowest BCUT2D eigenvalue weighted by molar-refractivity contribution is 0.818. The lowest BCUT2D eigenvalue weighted by Gasteiger charge is -2.05. The maximum atomic E-state index is 12.3. The fraction of sp³-hybridized carbons (Fsp3) is 0.400. The Balaban J connectivity index is 2.60. The molecule has 96 valence electrons. The molecule has 18 heavy (non-hydrogen) atoms. The Labute approximate surface area is 107 Å². The summed E-state index contributed by atoms with van der Waals surface area (Å²) in [6, 6.07) is 6.08. The van der Waals surface area contributed by atoms with Crippen LogP contribution in [-0.2, 0) is 12.8 Å². The number of rotatable bonds is 3. The van der Waals surface area contributed by atoms with Crippen molar-refractivity contribution in [1.82, 2.24) is 9.78 Å². The summed E-state index contributed by atoms with van der Waals surface area (Å²) in [4.78, 5) is 12.3. The van der Waals surface area contributed by atoms with Crippen LogP contribution in [0.25, 0.3) is 5.69 Å². The van der Waals surface area contributed by atoms with E-state index in [4.69, 9.17) is 0 Å². The summed E-state index contributed by atoms with van der Waals surface area (Å²) in [6.07, 6.45) is 1.63. The first-order valence-corrected chi connectivity index (χ1v) is 6.48. The second-order valence-corrected chi connectivity index (χ2v) is 4.69. The Morgan fingerprint density at radius 2 is 1.83 bits per heavy atom. The van der Waals surface area contributed by atoms with Crippen LogP contribution in [0.2, 0.25) is 0 Å². The number of benzene rings is 1. The third-order valence-electron chi connectivity index (χ3n) is 3.53. The summed E-state index contributed by atoms with van der Waals surface area (Å²) in [7, 11) is 0. The Bertz CT molecular complexity index is 620. The van der Waals surface area contributed by atoms with Gasteiger partial charge in [0.1, 0.15) is 0 Å². The van der Waals surface area contributed by atoms with E-state index >= 15 is 0 Å². The monoisotopic (exact) mass is 244 g/mol. The molecule has 0 amide bonds. The van der Waals surface area contributed by atoms with E-state index in [1.54, 1.807) is 4.68 Å². The van der Waals surface area contributed by atoms with Gasteiger partial charge in [-0.3, -0.25) is 9.89 Å². The van der Waals surface area contributed by atoms with Crippen molar-refractivity contribution >= 4 is 0 Å². The number of nitrogens with zero attached hydrogens (tertiary/aromatic N) is 1. The van der Waals surface area contributed by atoms with Crippen molar-refractivity contribution in [3.63, 3.8) is 0 Å². The predicted molar refractivity (Wildman–Crippen MR) is 74.6 cm³/mol. The van der Waals surface area contributed by atoms with Gasteiger partial charge in [-0.25, -0.2) is 4.68 Å². The summed E-state index contributed by atoms with van der Waals surface area (Å²) in [5, 5.41) is 3.22. The molecule has 2 aromatic rings. The van der Waals surface area contributed by atoms with E-state index in [0.29, 0.717) is 0 Å². The second-order valence-electron chi connectivity index (χ2n) is 4.69. The first kappa shape index (κ1) is 12.7. The summed E-state index contributed by atoms with van der Waals surface area (Å²) in [5.41, 5.74) is 5.38. The Morgan fingerprint density at radius 1 is 1.11 bits per heavy atom. The molecule has 0 bridgehead atoms. The van der Waals surface area contributed by atoms with E-state index in [1.807, 2.05) is 19.1 Å². The van der Waals surface area contributed by atoms with Crippen LogP contribution >= 0.6 is 0 Å². The molecule has 0 aliphatic rings. The largest absolute Gasteiger partial charge is 0.295 e. The molecule has 0 fully saturated rings. The topological polar surface area (TPSA) is 37.8 Å². The molecule has 0 saturated carbocycles. The Hall–Kier alpha value is -1.77. The maximum absolute atomic E-state index is 12.3. The fourth-order valence-electron chi connectivity index (χ4n) is 2.22. The summed E-state index contributed by atoms with van der Waals surface area (Å²) in [5.74, 6) is 0. The van der Waals surface area contributed by atoms with E-state index in [0.717, 1.165) is 29.8 Å². The quantitative estimate of drug-likeness (QED) is 0.885. The van der Waals surface area contributed by atoms with Crippen molar-refractivity contribution in [3.05, 3.63) is 50.9 Å². The van der Waals surface area contributed by atoms with Gasteiger partial charge in [0.25, 0.3) is 5.56 Å². The van der Waals surface area contributed by atoms with Crippen molar-refractivity contribution in [1.29, 1.82) is 0 Å². The van der Waals surface area contributed by atoms with Crippen molar-refractivity contribution < 1.29 is 0 Å². The van der Waals surface area contributed by atoms with Gasteiger partial charge in [0.05, 0.1) is 5.69 Å². The van der Waals surface area contributed by atoms with Gasteiger partial charge in [0, 0.05) is 11.3 Å². The average Bonchev–Trinajstić information content (AvgIpc) is 2.69. The highest BCUT2D eigenvalue weighted by Gasteiger charge is 2.12. The Morgan fingerprint density at radius 3 is 2.33 bits per heavy atom. The van der Waals surface area contributed by atoms with E-state index in [-0.39, 0.29) is 5.56 Å². The molecule has 0 saturated heterocycles. The standard InChI is InChI=1S/C15H20N2O/c1-5-13-14(6-2)16-17(15(13)18)12-8-7-10(3)11(4)9-12/h7-9,16H,5-6H2,1-4H3. The molecule has 0 spiro atoms. The van der Waals surface area contributed by atoms with Gasteiger partial charge in [0.2, 0.25) is 0 Å². The molecule has 0 aliphatic carbocycles. The van der Waals surface area contributed by atoms with Crippen molar-refractivity contribution in [2.45, 2.75) is 40.5 Å². The van der Waals surface area contributed by atoms with E-state index in [1.165, 1.54) is 11.1 Å². The molecule has 0 atom stereocenters. The minimum absolute atomic E-state index is 0.0811. The molecule has 0 radical (unpaired) electrons. The van der Waals surface area contributed by atoms with Gasteiger partial charge < -0.3 is 0 Å². The molecule has 1 aromatic heterocycles. The number of hydrogen-bond acceptors (Lipinski definition) is 1. The molecule has 3 nitrogen and oxygen atoms in total. The molecule has 1 aromatic carbocycles. The van der Waals surface area contributed by atoms with Gasteiger partial charge in [-0.2, -0.15) is 0 Å². The summed E-state index contributed by atoms with van der Waals surface area (Å²) < 4.78 is 1.66. The van der Waals surface area contributed by atoms with Gasteiger partial charge in [0.15, 0.2) is 0 Å². The van der Waals surface area contributed by atoms with Gasteiger partial charge in [-0.15, -0.1) is 0 Å². The van der Waals surface area contributed by atoms with Crippen LogP contribution in [-0.4, -0.2) is 9.78 Å². The van der Waals surface area contributed by atoms with Crippen LogP contribution in [0.1, 0.15) is 36.2 Å². The lowest BCUT2D eigenvalue weighted by Crippen LogP contribution is -2.17. The van der Waals surface area contributed by atoms with Crippen molar-refractivity contribution in [2.24, 2.45) is 0 Å². The first-order valence-electron chi connectivity index (χ1n) is 6.48. The van der Waals surface area contributed by atoms with Crippen molar-refractivity contribution in [2.75, 3.05) is 0 Å². The first-order chi connectivity index (χ1) is 8.58. The maximum Gasteiger partial charge on any atom is 0.274 e. The van der Waals surface area contributed by atoms with E-state index < -0.39 is 0 Å². The average molecular weight is 244 g/mol. The zero-order valence-corrected chi connectivity index (χ0v) is 11.5. The van der Waals surface area contributed by atoms with Crippen LogP contribution in [0.15, 0.2) is 23.0 Å². The van der Waals surface area contributed by atoms with Crippen LogP contribution < -0.4 is 5.56 Å².